The van der Waals surface area contributed by atoms with Crippen LogP contribution in [0.1, 0.15) is 58.4 Å². The number of carbonyl (C=O) groups excluding carboxylic acids is 4. The summed E-state index contributed by atoms with van der Waals surface area (Å²) >= 11 is 0. The fourth-order valence-electron chi connectivity index (χ4n) is 10.5. The van der Waals surface area contributed by atoms with E-state index in [1.165, 1.54) is 29.1 Å². The van der Waals surface area contributed by atoms with Crippen molar-refractivity contribution in [3.63, 3.8) is 0 Å². The Morgan fingerprint density at radius 2 is 1.61 bits per heavy atom. The molecule has 0 bridgehead atoms. The van der Waals surface area contributed by atoms with Crippen LogP contribution in [0, 0.1) is 28.5 Å². The molecular formula is C47H44F2N12O8S. The Bertz CT molecular complexity index is 3240. The van der Waals surface area contributed by atoms with E-state index < -0.39 is 68.7 Å². The van der Waals surface area contributed by atoms with Crippen molar-refractivity contribution >= 4 is 62.1 Å². The normalized spacial score (nSPS) is 21.7. The number of hydrogen-bond donors (Lipinski definition) is 2. The summed E-state index contributed by atoms with van der Waals surface area (Å²) in [5, 5.41) is 12.3. The van der Waals surface area contributed by atoms with E-state index in [-0.39, 0.29) is 65.7 Å². The molecule has 360 valence electrons. The van der Waals surface area contributed by atoms with Gasteiger partial charge in [0.25, 0.3) is 17.4 Å². The number of nitrogens with one attached hydrogen (secondary N) is 2. The lowest BCUT2D eigenvalue weighted by atomic mass is 9.72. The van der Waals surface area contributed by atoms with Crippen LogP contribution in [-0.2, 0) is 19.8 Å². The predicted molar refractivity (Wildman–Crippen MR) is 247 cm³/mol. The molecule has 8 heterocycles. The minimum Gasteiger partial charge on any atom is -0.453 e. The molecule has 11 rings (SSSR count). The van der Waals surface area contributed by atoms with Crippen LogP contribution in [0.25, 0.3) is 16.6 Å². The number of nitriles is 1. The predicted octanol–water partition coefficient (Wildman–Crippen LogP) is 3.12. The van der Waals surface area contributed by atoms with E-state index in [4.69, 9.17) is 4.74 Å². The summed E-state index contributed by atoms with van der Waals surface area (Å²) in [5.74, 6) is -2.59. The zero-order valence-electron chi connectivity index (χ0n) is 37.4. The Kier molecular flexibility index (Phi) is 11.1. The summed E-state index contributed by atoms with van der Waals surface area (Å²) < 4.78 is 65.0. The topological polar surface area (TPSA) is 236 Å². The molecule has 2 atom stereocenters. The first-order valence-electron chi connectivity index (χ1n) is 22.9. The zero-order chi connectivity index (χ0) is 48.6. The Morgan fingerprint density at radius 3 is 2.33 bits per heavy atom. The lowest BCUT2D eigenvalue weighted by molar-refractivity contribution is -0.136. The number of aromatic nitrogens is 4. The number of piperidine rings is 2. The summed E-state index contributed by atoms with van der Waals surface area (Å²) in [6.07, 6.45) is 5.23. The van der Waals surface area contributed by atoms with E-state index >= 15 is 4.39 Å². The summed E-state index contributed by atoms with van der Waals surface area (Å²) in [5.41, 5.74) is 1.05. The number of carbonyl (C=O) groups is 4. The molecule has 3 aromatic carbocycles. The van der Waals surface area contributed by atoms with Crippen LogP contribution < -0.4 is 30.1 Å². The fraction of sp³-hybridized carbons (Fsp3) is 0.383. The Hall–Kier alpha value is -7.42. The van der Waals surface area contributed by atoms with Gasteiger partial charge < -0.3 is 19.4 Å². The molecule has 5 saturated heterocycles. The number of halogens is 2. The first kappa shape index (κ1) is 45.0. The highest BCUT2D eigenvalue weighted by atomic mass is 32.2. The van der Waals surface area contributed by atoms with Crippen LogP contribution in [0.3, 0.4) is 0 Å². The van der Waals surface area contributed by atoms with Crippen molar-refractivity contribution in [3.05, 3.63) is 100 Å². The van der Waals surface area contributed by atoms with E-state index in [1.807, 2.05) is 6.07 Å². The highest BCUT2D eigenvalue weighted by Crippen LogP contribution is 2.44. The van der Waals surface area contributed by atoms with E-state index in [0.29, 0.717) is 23.1 Å². The van der Waals surface area contributed by atoms with Crippen LogP contribution in [0.4, 0.5) is 26.1 Å². The van der Waals surface area contributed by atoms with E-state index in [2.05, 4.69) is 39.7 Å². The SMILES string of the molecule is N#Cc1c(NS(=O)(=O)N2CC[C@@H](F)C2)ccc(F)c1Oc1ccc2ncn(-c3cnc(N4CCC(CN5CC6(C5)CN(c5ccc7c(c5)C(=O)N(C5CCC(=O)NC5=O)C7=O)C6)CC4)nc3)c(=O)c2c1. The third kappa shape index (κ3) is 8.04. The number of likely N-dealkylation sites (tertiary alicyclic amines) is 1. The molecule has 2 aromatic heterocycles. The summed E-state index contributed by atoms with van der Waals surface area (Å²) in [6, 6.07) is 12.3. The van der Waals surface area contributed by atoms with Crippen LogP contribution in [0.15, 0.2) is 72.0 Å². The number of amides is 4. The van der Waals surface area contributed by atoms with Crippen molar-refractivity contribution < 1.29 is 41.1 Å². The van der Waals surface area contributed by atoms with Crippen LogP contribution in [0.2, 0.25) is 0 Å². The second-order valence-electron chi connectivity index (χ2n) is 18.8. The molecule has 20 nitrogen and oxygen atoms in total. The largest absolute Gasteiger partial charge is 0.453 e. The number of imide groups is 2. The Morgan fingerprint density at radius 1 is 0.857 bits per heavy atom. The second kappa shape index (κ2) is 17.2. The molecule has 2 N–H and O–H groups in total. The summed E-state index contributed by atoms with van der Waals surface area (Å²) in [7, 11) is -4.26. The van der Waals surface area contributed by atoms with Gasteiger partial charge in [0.1, 0.15) is 35.9 Å². The number of anilines is 3. The summed E-state index contributed by atoms with van der Waals surface area (Å²) in [6.45, 7) is 5.73. The minimum absolute atomic E-state index is 0.0209. The molecule has 0 aliphatic carbocycles. The monoisotopic (exact) mass is 974 g/mol. The van der Waals surface area contributed by atoms with Crippen molar-refractivity contribution in [2.24, 2.45) is 11.3 Å². The molecular weight excluding hydrogens is 931 g/mol. The van der Waals surface area contributed by atoms with E-state index in [1.54, 1.807) is 30.6 Å². The van der Waals surface area contributed by atoms with E-state index in [0.717, 1.165) is 85.7 Å². The van der Waals surface area contributed by atoms with Gasteiger partial charge >= 0.3 is 10.2 Å². The van der Waals surface area contributed by atoms with Gasteiger partial charge in [0.05, 0.1) is 45.8 Å². The molecule has 70 heavy (non-hydrogen) atoms. The molecule has 5 fully saturated rings. The summed E-state index contributed by atoms with van der Waals surface area (Å²) in [4.78, 5) is 85.8. The van der Waals surface area contributed by atoms with Crippen molar-refractivity contribution in [2.75, 3.05) is 73.4 Å². The maximum Gasteiger partial charge on any atom is 0.301 e. The lowest BCUT2D eigenvalue weighted by Crippen LogP contribution is -2.72. The van der Waals surface area contributed by atoms with Gasteiger partial charge in [-0.2, -0.15) is 18.0 Å². The number of hydrogen-bond acceptors (Lipinski definition) is 15. The minimum atomic E-state index is -4.26. The molecule has 0 saturated carbocycles. The number of benzene rings is 3. The number of ether oxygens (including phenoxy) is 1. The number of nitrogens with zero attached hydrogens (tertiary/aromatic N) is 10. The zero-order valence-corrected chi connectivity index (χ0v) is 38.2. The molecule has 1 spiro atoms. The van der Waals surface area contributed by atoms with Gasteiger partial charge in [0, 0.05) is 76.4 Å². The van der Waals surface area contributed by atoms with Gasteiger partial charge in [0.15, 0.2) is 11.6 Å². The number of rotatable bonds is 11. The average Bonchev–Trinajstić information content (AvgIpc) is 3.88. The van der Waals surface area contributed by atoms with Crippen molar-refractivity contribution in [1.82, 2.24) is 38.9 Å². The standard InChI is InChI=1S/C47H44F2N12O8S/c48-28-11-14-59(21-28)70(67,68)55-38-6-4-36(49)41(35(38)17-50)69-31-2-5-37-34(16-31)43(64)60(26-53-37)30-18-51-46(52-19-30)57-12-9-27(10-13-57)20-56-22-47(23-56)24-58(25-47)29-1-3-32-33(15-29)45(66)61(44(32)65)39-7-8-40(62)54-42(39)63/h1-6,15-16,18-19,26-28,39,55H,7-14,20-25H2,(H,54,62,63)/t28-,39?/m1/s1. The quantitative estimate of drug-likeness (QED) is 0.181. The first-order chi connectivity index (χ1) is 33.7. The van der Waals surface area contributed by atoms with Crippen LogP contribution in [-0.4, -0.2) is 137 Å². The van der Waals surface area contributed by atoms with Crippen molar-refractivity contribution in [3.8, 4) is 23.3 Å². The Labute approximate surface area is 398 Å². The van der Waals surface area contributed by atoms with E-state index in [9.17, 15) is 42.0 Å². The number of fused-ring (bicyclic) bond motifs is 2. The highest BCUT2D eigenvalue weighted by molar-refractivity contribution is 7.90. The second-order valence-corrected chi connectivity index (χ2v) is 20.5. The van der Waals surface area contributed by atoms with Crippen LogP contribution >= 0.6 is 0 Å². The van der Waals surface area contributed by atoms with Gasteiger partial charge in [-0.1, -0.05) is 0 Å². The highest BCUT2D eigenvalue weighted by Gasteiger charge is 2.52. The van der Waals surface area contributed by atoms with Gasteiger partial charge in [-0.3, -0.25) is 43.5 Å². The first-order valence-corrected chi connectivity index (χ1v) is 24.3. The fourth-order valence-corrected chi connectivity index (χ4v) is 11.8. The molecule has 6 aliphatic heterocycles. The molecule has 5 aromatic rings. The van der Waals surface area contributed by atoms with Crippen molar-refractivity contribution in [1.29, 1.82) is 5.26 Å². The molecule has 4 amide bonds. The maximum absolute atomic E-state index is 15.2. The molecule has 6 aliphatic rings. The molecule has 23 heteroatoms. The maximum atomic E-state index is 15.2. The van der Waals surface area contributed by atoms with Gasteiger partial charge in [-0.25, -0.2) is 23.7 Å². The van der Waals surface area contributed by atoms with Crippen molar-refractivity contribution in [2.45, 2.75) is 44.3 Å². The smallest absolute Gasteiger partial charge is 0.301 e. The molecule has 0 radical (unpaired) electrons. The van der Waals surface area contributed by atoms with Crippen LogP contribution in [0.5, 0.6) is 11.5 Å². The number of alkyl halides is 1. The Balaban J connectivity index is 0.677. The average molecular weight is 975 g/mol. The lowest BCUT2D eigenvalue weighted by Gasteiger charge is -2.61. The van der Waals surface area contributed by atoms with Gasteiger partial charge in [0.2, 0.25) is 17.8 Å². The third-order valence-electron chi connectivity index (χ3n) is 14.1. The van der Waals surface area contributed by atoms with Gasteiger partial charge in [-0.15, -0.1) is 0 Å². The van der Waals surface area contributed by atoms with Gasteiger partial charge in [-0.05, 0) is 80.1 Å². The third-order valence-corrected chi connectivity index (χ3v) is 15.6. The molecule has 1 unspecified atom stereocenters.